The van der Waals surface area contributed by atoms with E-state index in [9.17, 15) is 14.0 Å². The third-order valence-corrected chi connectivity index (χ3v) is 5.71. The summed E-state index contributed by atoms with van der Waals surface area (Å²) >= 11 is 0. The van der Waals surface area contributed by atoms with Crippen molar-refractivity contribution in [1.29, 1.82) is 0 Å². The Morgan fingerprint density at radius 1 is 1.07 bits per heavy atom. The van der Waals surface area contributed by atoms with Gasteiger partial charge in [0.25, 0.3) is 5.91 Å². The molecule has 2 aliphatic rings. The summed E-state index contributed by atoms with van der Waals surface area (Å²) in [7, 11) is 0. The number of benzene rings is 2. The minimum atomic E-state index is -0.252. The van der Waals surface area contributed by atoms with Gasteiger partial charge in [-0.3, -0.25) is 9.59 Å². The fourth-order valence-corrected chi connectivity index (χ4v) is 3.93. The van der Waals surface area contributed by atoms with Crippen LogP contribution in [0.4, 0.5) is 4.39 Å². The molecule has 0 spiro atoms. The minimum Gasteiger partial charge on any atom is -0.353 e. The molecule has 28 heavy (non-hydrogen) atoms. The summed E-state index contributed by atoms with van der Waals surface area (Å²) in [5.41, 5.74) is 2.19. The normalized spacial score (nSPS) is 22.0. The number of carbonyl (C=O) groups excluding carboxylic acids is 2. The second-order valence-electron chi connectivity index (χ2n) is 8.00. The van der Waals surface area contributed by atoms with E-state index in [1.54, 1.807) is 30.0 Å². The molecule has 0 radical (unpaired) electrons. The second kappa shape index (κ2) is 7.74. The molecule has 1 heterocycles. The van der Waals surface area contributed by atoms with Crippen molar-refractivity contribution in [2.75, 3.05) is 13.1 Å². The number of aryl methyl sites for hydroxylation is 1. The SMILES string of the molecule is Cc1cc([C@@H]2C[C@@H](C(=O)NC3CC3)CN(C(=O)c3ccccc3)C2)ccc1F. The van der Waals surface area contributed by atoms with E-state index < -0.39 is 0 Å². The third-order valence-electron chi connectivity index (χ3n) is 5.71. The fourth-order valence-electron chi connectivity index (χ4n) is 3.93. The van der Waals surface area contributed by atoms with Gasteiger partial charge >= 0.3 is 0 Å². The van der Waals surface area contributed by atoms with Gasteiger partial charge in [0.1, 0.15) is 5.82 Å². The summed E-state index contributed by atoms with van der Waals surface area (Å²) in [6.07, 6.45) is 2.74. The zero-order valence-corrected chi connectivity index (χ0v) is 16.0. The van der Waals surface area contributed by atoms with Crippen molar-refractivity contribution in [3.63, 3.8) is 0 Å². The first kappa shape index (κ1) is 18.7. The number of hydrogen-bond donors (Lipinski definition) is 1. The number of halogens is 1. The molecule has 0 unspecified atom stereocenters. The van der Waals surface area contributed by atoms with Gasteiger partial charge in [0.05, 0.1) is 5.92 Å². The van der Waals surface area contributed by atoms with Crippen LogP contribution in [0, 0.1) is 18.7 Å². The summed E-state index contributed by atoms with van der Waals surface area (Å²) in [5, 5.41) is 3.08. The van der Waals surface area contributed by atoms with Crippen LogP contribution < -0.4 is 5.32 Å². The third kappa shape index (κ3) is 4.08. The van der Waals surface area contributed by atoms with Crippen LogP contribution >= 0.6 is 0 Å². The van der Waals surface area contributed by atoms with Crippen LogP contribution in [0.1, 0.15) is 46.7 Å². The number of piperidine rings is 1. The Morgan fingerprint density at radius 3 is 2.50 bits per heavy atom. The maximum Gasteiger partial charge on any atom is 0.253 e. The van der Waals surface area contributed by atoms with Gasteiger partial charge < -0.3 is 10.2 Å². The van der Waals surface area contributed by atoms with Gasteiger partial charge in [0, 0.05) is 30.6 Å². The van der Waals surface area contributed by atoms with Gasteiger partial charge in [0.2, 0.25) is 5.91 Å². The first-order valence-electron chi connectivity index (χ1n) is 9.92. The highest BCUT2D eigenvalue weighted by Crippen LogP contribution is 2.33. The molecule has 4 rings (SSSR count). The molecule has 4 nitrogen and oxygen atoms in total. The van der Waals surface area contributed by atoms with Crippen LogP contribution in [0.3, 0.4) is 0 Å². The molecular weight excluding hydrogens is 355 g/mol. The molecule has 1 aliphatic heterocycles. The Kier molecular flexibility index (Phi) is 5.16. The molecule has 2 amide bonds. The molecule has 2 aromatic carbocycles. The van der Waals surface area contributed by atoms with Gasteiger partial charge in [-0.25, -0.2) is 4.39 Å². The second-order valence-corrected chi connectivity index (χ2v) is 8.00. The molecule has 1 aliphatic carbocycles. The van der Waals surface area contributed by atoms with Crippen molar-refractivity contribution in [1.82, 2.24) is 10.2 Å². The highest BCUT2D eigenvalue weighted by Gasteiger charge is 2.36. The standard InChI is InChI=1S/C23H25FN2O2/c1-15-11-17(7-10-21(15)24)18-12-19(22(27)25-20-8-9-20)14-26(13-18)23(28)16-5-3-2-4-6-16/h2-7,10-11,18-20H,8-9,12-14H2,1H3,(H,25,27)/t18-,19-/m1/s1. The van der Waals surface area contributed by atoms with Crippen molar-refractivity contribution >= 4 is 11.8 Å². The molecule has 0 aromatic heterocycles. The van der Waals surface area contributed by atoms with Gasteiger partial charge in [-0.1, -0.05) is 30.3 Å². The van der Waals surface area contributed by atoms with E-state index in [1.807, 2.05) is 24.3 Å². The van der Waals surface area contributed by atoms with E-state index in [4.69, 9.17) is 0 Å². The Labute approximate surface area is 164 Å². The van der Waals surface area contributed by atoms with Crippen molar-refractivity contribution in [2.24, 2.45) is 5.92 Å². The lowest BCUT2D eigenvalue weighted by Crippen LogP contribution is -2.48. The van der Waals surface area contributed by atoms with Gasteiger partial charge in [0.15, 0.2) is 0 Å². The van der Waals surface area contributed by atoms with Crippen molar-refractivity contribution in [3.8, 4) is 0 Å². The van der Waals surface area contributed by atoms with Crippen molar-refractivity contribution < 1.29 is 14.0 Å². The smallest absolute Gasteiger partial charge is 0.253 e. The average molecular weight is 380 g/mol. The van der Waals surface area contributed by atoms with E-state index >= 15 is 0 Å². The molecule has 2 aromatic rings. The number of rotatable bonds is 4. The molecule has 146 valence electrons. The maximum atomic E-state index is 13.7. The molecule has 2 atom stereocenters. The zero-order chi connectivity index (χ0) is 19.7. The average Bonchev–Trinajstić information content (AvgIpc) is 3.53. The van der Waals surface area contributed by atoms with Crippen LogP contribution in [0.5, 0.6) is 0 Å². The molecular formula is C23H25FN2O2. The van der Waals surface area contributed by atoms with Gasteiger partial charge in [-0.2, -0.15) is 0 Å². The topological polar surface area (TPSA) is 49.4 Å². The molecule has 1 saturated heterocycles. The number of nitrogens with zero attached hydrogens (tertiary/aromatic N) is 1. The number of hydrogen-bond acceptors (Lipinski definition) is 2. The quantitative estimate of drug-likeness (QED) is 0.880. The Balaban J connectivity index is 1.59. The molecule has 5 heteroatoms. The molecule has 0 bridgehead atoms. The lowest BCUT2D eigenvalue weighted by atomic mass is 9.83. The summed E-state index contributed by atoms with van der Waals surface area (Å²) in [5.74, 6) is -0.516. The highest BCUT2D eigenvalue weighted by molar-refractivity contribution is 5.94. The number of carbonyl (C=O) groups is 2. The van der Waals surface area contributed by atoms with E-state index in [0.29, 0.717) is 36.7 Å². The van der Waals surface area contributed by atoms with Crippen LogP contribution in [0.15, 0.2) is 48.5 Å². The van der Waals surface area contributed by atoms with Crippen LogP contribution in [-0.2, 0) is 4.79 Å². The number of amides is 2. The Bertz CT molecular complexity index is 879. The molecule has 1 saturated carbocycles. The van der Waals surface area contributed by atoms with Gasteiger partial charge in [-0.15, -0.1) is 0 Å². The van der Waals surface area contributed by atoms with E-state index in [0.717, 1.165) is 18.4 Å². The molecule has 2 fully saturated rings. The number of nitrogens with one attached hydrogen (secondary N) is 1. The summed E-state index contributed by atoms with van der Waals surface area (Å²) < 4.78 is 13.7. The fraction of sp³-hybridized carbons (Fsp3) is 0.391. The minimum absolute atomic E-state index is 0.00988. The monoisotopic (exact) mass is 380 g/mol. The zero-order valence-electron chi connectivity index (χ0n) is 16.0. The molecule has 1 N–H and O–H groups in total. The predicted molar refractivity (Wildman–Crippen MR) is 105 cm³/mol. The Hall–Kier alpha value is -2.69. The van der Waals surface area contributed by atoms with Crippen LogP contribution in [-0.4, -0.2) is 35.8 Å². The van der Waals surface area contributed by atoms with E-state index in [1.165, 1.54) is 6.07 Å². The summed E-state index contributed by atoms with van der Waals surface area (Å²) in [4.78, 5) is 27.6. The largest absolute Gasteiger partial charge is 0.353 e. The van der Waals surface area contributed by atoms with Crippen LogP contribution in [0.2, 0.25) is 0 Å². The number of likely N-dealkylation sites (tertiary alicyclic amines) is 1. The first-order chi connectivity index (χ1) is 13.5. The predicted octanol–water partition coefficient (Wildman–Crippen LogP) is 3.66. The van der Waals surface area contributed by atoms with Crippen molar-refractivity contribution in [3.05, 3.63) is 71.0 Å². The Morgan fingerprint density at radius 2 is 1.82 bits per heavy atom. The summed E-state index contributed by atoms with van der Waals surface area (Å²) in [6.45, 7) is 2.70. The lowest BCUT2D eigenvalue weighted by molar-refractivity contribution is -0.126. The first-order valence-corrected chi connectivity index (χ1v) is 9.92. The lowest BCUT2D eigenvalue weighted by Gasteiger charge is -2.37. The van der Waals surface area contributed by atoms with E-state index in [-0.39, 0.29) is 29.5 Å². The van der Waals surface area contributed by atoms with Gasteiger partial charge in [-0.05, 0) is 55.5 Å². The van der Waals surface area contributed by atoms with E-state index in [2.05, 4.69) is 5.32 Å². The maximum absolute atomic E-state index is 13.7. The van der Waals surface area contributed by atoms with Crippen LogP contribution in [0.25, 0.3) is 0 Å². The van der Waals surface area contributed by atoms with Crippen molar-refractivity contribution in [2.45, 2.75) is 38.1 Å². The summed E-state index contributed by atoms with van der Waals surface area (Å²) in [6, 6.07) is 14.5. The highest BCUT2D eigenvalue weighted by atomic mass is 19.1.